The highest BCUT2D eigenvalue weighted by atomic mass is 19.1. The van der Waals surface area contributed by atoms with E-state index in [0.717, 1.165) is 13.0 Å². The van der Waals surface area contributed by atoms with Crippen LogP contribution in [0.1, 0.15) is 39.7 Å². The van der Waals surface area contributed by atoms with Gasteiger partial charge in [0, 0.05) is 12.1 Å². The van der Waals surface area contributed by atoms with E-state index < -0.39 is 16.4 Å². The van der Waals surface area contributed by atoms with Crippen LogP contribution in [0.5, 0.6) is 0 Å². The average Bonchev–Trinajstić information content (AvgIpc) is 2.42. The van der Waals surface area contributed by atoms with Gasteiger partial charge in [-0.15, -0.1) is 0 Å². The van der Waals surface area contributed by atoms with Crippen LogP contribution in [0.25, 0.3) is 0 Å². The van der Waals surface area contributed by atoms with Gasteiger partial charge in [0.1, 0.15) is 0 Å². The van der Waals surface area contributed by atoms with Crippen molar-refractivity contribution in [3.8, 4) is 0 Å². The number of hydrogen-bond acceptors (Lipinski definition) is 3. The molecule has 0 amide bonds. The molecule has 0 aliphatic carbocycles. The van der Waals surface area contributed by atoms with Crippen molar-refractivity contribution in [2.24, 2.45) is 11.8 Å². The predicted molar refractivity (Wildman–Crippen MR) is 82.8 cm³/mol. The molecule has 1 N–H and O–H groups in total. The number of nitro benzene ring substituents is 1. The van der Waals surface area contributed by atoms with Crippen molar-refractivity contribution >= 4 is 5.69 Å². The molecule has 4 nitrogen and oxygen atoms in total. The lowest BCUT2D eigenvalue weighted by molar-refractivity contribution is -0.387. The molecule has 21 heavy (non-hydrogen) atoms. The number of rotatable bonds is 8. The highest BCUT2D eigenvalue weighted by molar-refractivity contribution is 5.37. The van der Waals surface area contributed by atoms with Crippen LogP contribution >= 0.6 is 0 Å². The Hall–Kier alpha value is -1.49. The van der Waals surface area contributed by atoms with Gasteiger partial charge in [0.15, 0.2) is 0 Å². The van der Waals surface area contributed by atoms with Gasteiger partial charge in [0.05, 0.1) is 4.92 Å². The first-order chi connectivity index (χ1) is 9.88. The molecular formula is C16H25FN2O2. The Morgan fingerprint density at radius 2 is 2.00 bits per heavy atom. The maximum absolute atomic E-state index is 14.2. The first kappa shape index (κ1) is 17.6. The van der Waals surface area contributed by atoms with Crippen LogP contribution in [0.15, 0.2) is 18.2 Å². The van der Waals surface area contributed by atoms with Gasteiger partial charge in [-0.2, -0.15) is 4.39 Å². The topological polar surface area (TPSA) is 55.2 Å². The fraction of sp³-hybridized carbons (Fsp3) is 0.625. The van der Waals surface area contributed by atoms with Crippen molar-refractivity contribution in [1.29, 1.82) is 0 Å². The van der Waals surface area contributed by atoms with E-state index in [2.05, 4.69) is 33.0 Å². The Bertz CT molecular complexity index is 477. The minimum Gasteiger partial charge on any atom is -0.314 e. The van der Waals surface area contributed by atoms with Crippen molar-refractivity contribution in [3.05, 3.63) is 39.7 Å². The fourth-order valence-electron chi connectivity index (χ4n) is 2.63. The number of benzene rings is 1. The zero-order valence-electron chi connectivity index (χ0n) is 13.2. The number of nitrogens with zero attached hydrogens (tertiary/aromatic N) is 1. The molecule has 1 aromatic carbocycles. The van der Waals surface area contributed by atoms with Crippen LogP contribution in [0.4, 0.5) is 10.1 Å². The third-order valence-electron chi connectivity index (χ3n) is 3.93. The number of nitro groups is 1. The maximum Gasteiger partial charge on any atom is 0.305 e. The van der Waals surface area contributed by atoms with Crippen LogP contribution in [-0.4, -0.2) is 17.5 Å². The van der Waals surface area contributed by atoms with Crippen LogP contribution in [0.3, 0.4) is 0 Å². The lowest BCUT2D eigenvalue weighted by Gasteiger charge is -2.28. The molecule has 118 valence electrons. The van der Waals surface area contributed by atoms with E-state index in [1.54, 1.807) is 12.1 Å². The third-order valence-corrected chi connectivity index (χ3v) is 3.93. The molecule has 0 saturated carbocycles. The minimum atomic E-state index is -0.698. The van der Waals surface area contributed by atoms with E-state index >= 15 is 0 Å². The van der Waals surface area contributed by atoms with Gasteiger partial charge < -0.3 is 5.32 Å². The lowest BCUT2D eigenvalue weighted by atomic mass is 9.83. The normalized spacial score (nSPS) is 14.2. The Morgan fingerprint density at radius 3 is 2.52 bits per heavy atom. The second-order valence-electron chi connectivity index (χ2n) is 5.86. The first-order valence-corrected chi connectivity index (χ1v) is 7.53. The summed E-state index contributed by atoms with van der Waals surface area (Å²) in [5.74, 6) is -0.105. The summed E-state index contributed by atoms with van der Waals surface area (Å²) in [7, 11) is 0. The maximum atomic E-state index is 14.2. The van der Waals surface area contributed by atoms with Crippen molar-refractivity contribution in [3.63, 3.8) is 0 Å². The molecule has 0 spiro atoms. The van der Waals surface area contributed by atoms with Crippen molar-refractivity contribution in [2.75, 3.05) is 6.54 Å². The summed E-state index contributed by atoms with van der Waals surface area (Å²) >= 11 is 0. The van der Waals surface area contributed by atoms with Gasteiger partial charge in [-0.3, -0.25) is 10.1 Å². The zero-order chi connectivity index (χ0) is 16.0. The van der Waals surface area contributed by atoms with Crippen molar-refractivity contribution in [1.82, 2.24) is 5.32 Å². The molecule has 1 rings (SSSR count). The molecule has 0 saturated heterocycles. The van der Waals surface area contributed by atoms with Gasteiger partial charge in [0.2, 0.25) is 5.82 Å². The summed E-state index contributed by atoms with van der Waals surface area (Å²) in [5.41, 5.74) is -0.0165. The van der Waals surface area contributed by atoms with E-state index in [1.165, 1.54) is 6.07 Å². The molecule has 0 aromatic heterocycles. The first-order valence-electron chi connectivity index (χ1n) is 7.53. The highest BCUT2D eigenvalue weighted by Crippen LogP contribution is 2.26. The Morgan fingerprint density at radius 1 is 1.33 bits per heavy atom. The highest BCUT2D eigenvalue weighted by Gasteiger charge is 2.25. The van der Waals surface area contributed by atoms with Crippen molar-refractivity contribution in [2.45, 2.75) is 46.6 Å². The van der Waals surface area contributed by atoms with Gasteiger partial charge in [-0.1, -0.05) is 32.9 Å². The Balaban J connectivity index is 2.94. The Kier molecular flexibility index (Phi) is 6.75. The van der Waals surface area contributed by atoms with E-state index in [9.17, 15) is 14.5 Å². The quantitative estimate of drug-likeness (QED) is 0.584. The molecule has 0 aliphatic rings. The van der Waals surface area contributed by atoms with Gasteiger partial charge >= 0.3 is 5.69 Å². The number of halogens is 1. The largest absolute Gasteiger partial charge is 0.314 e. The fourth-order valence-corrected chi connectivity index (χ4v) is 2.63. The molecule has 0 aliphatic heterocycles. The molecule has 2 unspecified atom stereocenters. The summed E-state index contributed by atoms with van der Waals surface area (Å²) in [4.78, 5) is 10.2. The summed E-state index contributed by atoms with van der Waals surface area (Å²) in [6, 6.07) is 4.65. The summed E-state index contributed by atoms with van der Waals surface area (Å²) < 4.78 is 14.2. The van der Waals surface area contributed by atoms with E-state index in [0.29, 0.717) is 17.9 Å². The van der Waals surface area contributed by atoms with Gasteiger partial charge in [-0.05, 0) is 43.7 Å². The van der Waals surface area contributed by atoms with Gasteiger partial charge in [0.25, 0.3) is 0 Å². The van der Waals surface area contributed by atoms with Crippen LogP contribution < -0.4 is 5.32 Å². The van der Waals surface area contributed by atoms with E-state index in [4.69, 9.17) is 0 Å². The van der Waals surface area contributed by atoms with E-state index in [1.807, 2.05) is 0 Å². The molecule has 2 atom stereocenters. The molecule has 5 heteroatoms. The molecule has 0 fully saturated rings. The molecule has 1 aromatic rings. The molecule has 0 heterocycles. The second kappa shape index (κ2) is 8.08. The zero-order valence-corrected chi connectivity index (χ0v) is 13.2. The third kappa shape index (κ3) is 4.77. The summed E-state index contributed by atoms with van der Waals surface area (Å²) in [6.07, 6.45) is 1.55. The van der Waals surface area contributed by atoms with Crippen LogP contribution in [-0.2, 0) is 6.42 Å². The minimum absolute atomic E-state index is 0.230. The van der Waals surface area contributed by atoms with Crippen molar-refractivity contribution < 1.29 is 9.31 Å². The smallest absolute Gasteiger partial charge is 0.305 e. The Labute approximate surface area is 125 Å². The summed E-state index contributed by atoms with van der Waals surface area (Å²) in [5, 5.41) is 14.3. The second-order valence-corrected chi connectivity index (χ2v) is 5.86. The van der Waals surface area contributed by atoms with Gasteiger partial charge in [-0.25, -0.2) is 0 Å². The van der Waals surface area contributed by atoms with Crippen LogP contribution in [0.2, 0.25) is 0 Å². The average molecular weight is 296 g/mol. The van der Waals surface area contributed by atoms with Crippen LogP contribution in [0, 0.1) is 27.8 Å². The lowest BCUT2D eigenvalue weighted by Crippen LogP contribution is -2.38. The monoisotopic (exact) mass is 296 g/mol. The molecule has 0 bridgehead atoms. The molecule has 0 radical (unpaired) electrons. The number of hydrogen-bond donors (Lipinski definition) is 1. The van der Waals surface area contributed by atoms with E-state index in [-0.39, 0.29) is 12.0 Å². The predicted octanol–water partition coefficient (Wildman–Crippen LogP) is 3.94. The molecular weight excluding hydrogens is 271 g/mol. The standard InChI is InChI=1S/C16H25FN2O2/c1-5-9-18-12(4)14(11(2)3)10-13-7-6-8-15(16(13)17)19(20)21/h6-8,11-12,14,18H,5,9-10H2,1-4H3. The SMILES string of the molecule is CCCNC(C)C(Cc1cccc([N+](=O)[O-])c1F)C(C)C. The number of nitrogens with one attached hydrogen (secondary N) is 1. The summed E-state index contributed by atoms with van der Waals surface area (Å²) in [6.45, 7) is 9.32.